The van der Waals surface area contributed by atoms with Crippen LogP contribution in [-0.2, 0) is 6.42 Å². The van der Waals surface area contributed by atoms with Gasteiger partial charge in [-0.15, -0.1) is 11.3 Å². The summed E-state index contributed by atoms with van der Waals surface area (Å²) < 4.78 is 0.836. The third-order valence-electron chi connectivity index (χ3n) is 2.32. The second-order valence-electron chi connectivity index (χ2n) is 3.51. The summed E-state index contributed by atoms with van der Waals surface area (Å²) in [6.07, 6.45) is 2.35. The van der Waals surface area contributed by atoms with Crippen molar-refractivity contribution in [1.82, 2.24) is 4.98 Å². The van der Waals surface area contributed by atoms with Crippen LogP contribution >= 0.6 is 23.6 Å². The normalized spacial score (nSPS) is 10.5. The summed E-state index contributed by atoms with van der Waals surface area (Å²) in [4.78, 5) is 3.18. The topological polar surface area (TPSA) is 15.8 Å². The van der Waals surface area contributed by atoms with Gasteiger partial charge in [0.1, 0.15) is 0 Å². The van der Waals surface area contributed by atoms with Crippen molar-refractivity contribution < 1.29 is 0 Å². The molecule has 0 fully saturated rings. The number of aromatic nitrogens is 1. The number of hydrogen-bond acceptors (Lipinski definition) is 2. The molecule has 1 heterocycles. The van der Waals surface area contributed by atoms with E-state index < -0.39 is 0 Å². The van der Waals surface area contributed by atoms with Crippen molar-refractivity contribution in [2.45, 2.75) is 19.8 Å². The second-order valence-corrected chi connectivity index (χ2v) is 5.06. The first-order chi connectivity index (χ1) is 7.29. The Morgan fingerprint density at radius 2 is 2.00 bits per heavy atom. The van der Waals surface area contributed by atoms with E-state index in [1.807, 2.05) is 0 Å². The van der Waals surface area contributed by atoms with Gasteiger partial charge in [0, 0.05) is 5.38 Å². The van der Waals surface area contributed by atoms with E-state index >= 15 is 0 Å². The number of H-pyrrole nitrogens is 1. The van der Waals surface area contributed by atoms with Crippen molar-refractivity contribution in [3.8, 4) is 11.3 Å². The lowest BCUT2D eigenvalue weighted by Gasteiger charge is -2.00. The Hall–Kier alpha value is -0.930. The highest BCUT2D eigenvalue weighted by molar-refractivity contribution is 7.73. The molecule has 1 aromatic carbocycles. The summed E-state index contributed by atoms with van der Waals surface area (Å²) in [5, 5.41) is 2.07. The molecule has 2 aromatic rings. The number of aryl methyl sites for hydroxylation is 1. The maximum atomic E-state index is 5.06. The summed E-state index contributed by atoms with van der Waals surface area (Å²) in [5.41, 5.74) is 3.73. The molecule has 0 unspecified atom stereocenters. The highest BCUT2D eigenvalue weighted by Crippen LogP contribution is 2.20. The van der Waals surface area contributed by atoms with E-state index in [1.54, 1.807) is 11.3 Å². The van der Waals surface area contributed by atoms with Crippen molar-refractivity contribution >= 4 is 23.6 Å². The Balaban J connectivity index is 2.27. The zero-order valence-electron chi connectivity index (χ0n) is 8.62. The average Bonchev–Trinajstić information content (AvgIpc) is 2.67. The summed E-state index contributed by atoms with van der Waals surface area (Å²) in [5.74, 6) is 0. The largest absolute Gasteiger partial charge is 0.337 e. The second kappa shape index (κ2) is 4.73. The van der Waals surface area contributed by atoms with Crippen LogP contribution < -0.4 is 0 Å². The van der Waals surface area contributed by atoms with Gasteiger partial charge in [0.15, 0.2) is 3.95 Å². The highest BCUT2D eigenvalue weighted by Gasteiger charge is 1.99. The molecular formula is C12H13NS2. The fourth-order valence-corrected chi connectivity index (χ4v) is 2.40. The van der Waals surface area contributed by atoms with E-state index in [2.05, 4.69) is 41.6 Å². The van der Waals surface area contributed by atoms with Crippen molar-refractivity contribution in [1.29, 1.82) is 0 Å². The lowest BCUT2D eigenvalue weighted by molar-refractivity contribution is 0.922. The Morgan fingerprint density at radius 1 is 1.27 bits per heavy atom. The first kappa shape index (κ1) is 10.6. The zero-order valence-corrected chi connectivity index (χ0v) is 10.3. The molecule has 0 bridgehead atoms. The predicted molar refractivity (Wildman–Crippen MR) is 68.9 cm³/mol. The molecule has 0 radical (unpaired) electrons. The van der Waals surface area contributed by atoms with Gasteiger partial charge in [-0.05, 0) is 29.8 Å². The van der Waals surface area contributed by atoms with Gasteiger partial charge in [0.05, 0.1) is 5.69 Å². The lowest BCUT2D eigenvalue weighted by Crippen LogP contribution is -1.83. The number of hydrogen-bond donors (Lipinski definition) is 1. The molecule has 0 amide bonds. The molecule has 2 rings (SSSR count). The third kappa shape index (κ3) is 2.55. The predicted octanol–water partition coefficient (Wildman–Crippen LogP) is 4.43. The molecular weight excluding hydrogens is 222 g/mol. The third-order valence-corrected chi connectivity index (χ3v) is 3.38. The summed E-state index contributed by atoms with van der Waals surface area (Å²) >= 11 is 6.64. The number of rotatable bonds is 3. The van der Waals surface area contributed by atoms with E-state index in [1.165, 1.54) is 17.5 Å². The highest BCUT2D eigenvalue weighted by atomic mass is 32.1. The molecule has 3 heteroatoms. The number of nitrogens with one attached hydrogen (secondary N) is 1. The number of thiazole rings is 1. The van der Waals surface area contributed by atoms with Crippen LogP contribution in [0.4, 0.5) is 0 Å². The minimum atomic E-state index is 0.836. The first-order valence-corrected chi connectivity index (χ1v) is 6.35. The van der Waals surface area contributed by atoms with E-state index in [4.69, 9.17) is 12.2 Å². The molecule has 0 spiro atoms. The van der Waals surface area contributed by atoms with E-state index in [-0.39, 0.29) is 0 Å². The standard InChI is InChI=1S/C12H13NS2/c1-2-3-9-4-6-10(7-5-9)11-8-15-12(14)13-11/h4-8H,2-3H2,1H3,(H,13,14). The van der Waals surface area contributed by atoms with Crippen LogP contribution in [0.5, 0.6) is 0 Å². The fraction of sp³-hybridized carbons (Fsp3) is 0.250. The smallest absolute Gasteiger partial charge is 0.158 e. The first-order valence-electron chi connectivity index (χ1n) is 5.06. The van der Waals surface area contributed by atoms with Crippen LogP contribution in [0.1, 0.15) is 18.9 Å². The molecule has 1 nitrogen and oxygen atoms in total. The zero-order chi connectivity index (χ0) is 10.7. The minimum Gasteiger partial charge on any atom is -0.337 e. The van der Waals surface area contributed by atoms with Gasteiger partial charge in [-0.2, -0.15) is 0 Å². The average molecular weight is 235 g/mol. The van der Waals surface area contributed by atoms with Crippen LogP contribution in [0.2, 0.25) is 0 Å². The van der Waals surface area contributed by atoms with Crippen LogP contribution in [0.3, 0.4) is 0 Å². The minimum absolute atomic E-state index is 0.836. The monoisotopic (exact) mass is 235 g/mol. The molecule has 1 N–H and O–H groups in total. The van der Waals surface area contributed by atoms with Gasteiger partial charge in [-0.3, -0.25) is 0 Å². The molecule has 15 heavy (non-hydrogen) atoms. The van der Waals surface area contributed by atoms with Gasteiger partial charge in [-0.1, -0.05) is 37.6 Å². The van der Waals surface area contributed by atoms with E-state index in [9.17, 15) is 0 Å². The SMILES string of the molecule is CCCc1ccc(-c2csc(=S)[nH]2)cc1. The van der Waals surface area contributed by atoms with Crippen LogP contribution in [0.15, 0.2) is 29.6 Å². The van der Waals surface area contributed by atoms with E-state index in [0.717, 1.165) is 16.1 Å². The molecule has 0 atom stereocenters. The van der Waals surface area contributed by atoms with Crippen molar-refractivity contribution in [2.75, 3.05) is 0 Å². The van der Waals surface area contributed by atoms with Crippen molar-refractivity contribution in [3.63, 3.8) is 0 Å². The molecule has 0 saturated carbocycles. The Bertz CT molecular complexity index is 479. The molecule has 0 saturated heterocycles. The van der Waals surface area contributed by atoms with Crippen LogP contribution in [0, 0.1) is 3.95 Å². The number of benzene rings is 1. The lowest BCUT2D eigenvalue weighted by atomic mass is 10.1. The fourth-order valence-electron chi connectivity index (χ4n) is 1.56. The summed E-state index contributed by atoms with van der Waals surface area (Å²) in [6, 6.07) is 8.68. The van der Waals surface area contributed by atoms with Crippen LogP contribution in [-0.4, -0.2) is 4.98 Å². The summed E-state index contributed by atoms with van der Waals surface area (Å²) in [7, 11) is 0. The molecule has 0 aliphatic heterocycles. The Morgan fingerprint density at radius 3 is 2.53 bits per heavy atom. The molecule has 0 aliphatic carbocycles. The van der Waals surface area contributed by atoms with Gasteiger partial charge < -0.3 is 4.98 Å². The molecule has 1 aromatic heterocycles. The Labute approximate surface area is 98.8 Å². The van der Waals surface area contributed by atoms with Crippen molar-refractivity contribution in [3.05, 3.63) is 39.2 Å². The van der Waals surface area contributed by atoms with Gasteiger partial charge in [0.25, 0.3) is 0 Å². The van der Waals surface area contributed by atoms with Gasteiger partial charge in [0.2, 0.25) is 0 Å². The maximum Gasteiger partial charge on any atom is 0.158 e. The maximum absolute atomic E-state index is 5.06. The Kier molecular flexibility index (Phi) is 3.34. The van der Waals surface area contributed by atoms with Crippen LogP contribution in [0.25, 0.3) is 11.3 Å². The molecule has 78 valence electrons. The van der Waals surface area contributed by atoms with E-state index in [0.29, 0.717) is 0 Å². The number of aromatic amines is 1. The van der Waals surface area contributed by atoms with Gasteiger partial charge in [-0.25, -0.2) is 0 Å². The van der Waals surface area contributed by atoms with Crippen molar-refractivity contribution in [2.24, 2.45) is 0 Å². The molecule has 0 aliphatic rings. The quantitative estimate of drug-likeness (QED) is 0.778. The van der Waals surface area contributed by atoms with Gasteiger partial charge >= 0.3 is 0 Å². The summed E-state index contributed by atoms with van der Waals surface area (Å²) in [6.45, 7) is 2.20.